The summed E-state index contributed by atoms with van der Waals surface area (Å²) < 4.78 is 17.7. The molecule has 0 unspecified atom stereocenters. The first-order valence-corrected chi connectivity index (χ1v) is 11.3. The number of halogens is 1. The summed E-state index contributed by atoms with van der Waals surface area (Å²) in [5.74, 6) is 2.11. The van der Waals surface area contributed by atoms with Crippen LogP contribution in [0.3, 0.4) is 0 Å². The van der Waals surface area contributed by atoms with E-state index in [0.29, 0.717) is 18.8 Å². The fraction of sp³-hybridized carbons (Fsp3) is 0.240. The van der Waals surface area contributed by atoms with E-state index in [1.165, 1.54) is 0 Å². The van der Waals surface area contributed by atoms with Crippen molar-refractivity contribution in [1.82, 2.24) is 5.32 Å². The summed E-state index contributed by atoms with van der Waals surface area (Å²) >= 11 is 3.50. The van der Waals surface area contributed by atoms with Crippen LogP contribution in [0.15, 0.2) is 70.1 Å². The van der Waals surface area contributed by atoms with Crippen molar-refractivity contribution in [3.8, 4) is 23.0 Å². The van der Waals surface area contributed by atoms with Gasteiger partial charge in [0.15, 0.2) is 23.0 Å². The molecule has 2 aliphatic rings. The number of hydrogen-bond acceptors (Lipinski definition) is 6. The molecule has 0 radical (unpaired) electrons. The molecule has 0 saturated heterocycles. The molecule has 0 fully saturated rings. The maximum absolute atomic E-state index is 10.9. The van der Waals surface area contributed by atoms with Crippen LogP contribution in [0.4, 0.5) is 0 Å². The first kappa shape index (κ1) is 20.8. The molecule has 0 bridgehead atoms. The summed E-state index contributed by atoms with van der Waals surface area (Å²) in [6.07, 6.45) is 0.341. The van der Waals surface area contributed by atoms with E-state index in [-0.39, 0.29) is 24.8 Å². The lowest BCUT2D eigenvalue weighted by Gasteiger charge is -2.31. The Hall–Kier alpha value is -3.03. The maximum atomic E-state index is 10.9. The predicted molar refractivity (Wildman–Crippen MR) is 126 cm³/mol. The topological polar surface area (TPSA) is 72.3 Å². The average Bonchev–Trinajstić information content (AvgIpc) is 3.29. The number of phenols is 1. The number of aliphatic imine (C=N–C) groups is 1. The highest BCUT2D eigenvalue weighted by Gasteiger charge is 2.29. The second-order valence-corrected chi connectivity index (χ2v) is 8.56. The highest BCUT2D eigenvalue weighted by atomic mass is 79.9. The fourth-order valence-corrected chi connectivity index (χ4v) is 4.33. The number of nitrogens with one attached hydrogen (secondary N) is 1. The lowest BCUT2D eigenvalue weighted by Crippen LogP contribution is -2.33. The van der Waals surface area contributed by atoms with Crippen LogP contribution in [0.1, 0.15) is 42.2 Å². The van der Waals surface area contributed by atoms with E-state index in [9.17, 15) is 5.11 Å². The Kier molecular flexibility index (Phi) is 5.76. The van der Waals surface area contributed by atoms with Gasteiger partial charge in [0.05, 0.1) is 6.61 Å². The SMILES string of the molecule is CCOc1cccc([C@H]2CC(c3ccc4c(c3)OCO4)=N[C@@H](c3ccc(Br)cc3)N2)c1O. The number of rotatable bonds is 5. The van der Waals surface area contributed by atoms with Crippen LogP contribution in [0, 0.1) is 0 Å². The van der Waals surface area contributed by atoms with Crippen LogP contribution in [-0.2, 0) is 0 Å². The molecule has 0 aliphatic carbocycles. The molecule has 3 aromatic carbocycles. The van der Waals surface area contributed by atoms with Gasteiger partial charge in [-0.25, -0.2) is 0 Å². The van der Waals surface area contributed by atoms with Gasteiger partial charge in [-0.15, -0.1) is 0 Å². The van der Waals surface area contributed by atoms with Crippen molar-refractivity contribution in [2.45, 2.75) is 25.6 Å². The normalized spacial score (nSPS) is 19.5. The van der Waals surface area contributed by atoms with Crippen molar-refractivity contribution < 1.29 is 19.3 Å². The fourth-order valence-electron chi connectivity index (χ4n) is 4.07. The maximum Gasteiger partial charge on any atom is 0.231 e. The molecule has 0 amide bonds. The molecule has 0 saturated carbocycles. The summed E-state index contributed by atoms with van der Waals surface area (Å²) in [5, 5.41) is 14.5. The monoisotopic (exact) mass is 494 g/mol. The van der Waals surface area contributed by atoms with Gasteiger partial charge in [-0.05, 0) is 54.4 Å². The van der Waals surface area contributed by atoms with E-state index < -0.39 is 0 Å². The Balaban J connectivity index is 1.55. The smallest absolute Gasteiger partial charge is 0.231 e. The van der Waals surface area contributed by atoms with Gasteiger partial charge in [0.2, 0.25) is 6.79 Å². The first-order chi connectivity index (χ1) is 15.6. The predicted octanol–water partition coefficient (Wildman–Crippen LogP) is 5.50. The molecule has 3 aromatic rings. The standard InChI is InChI=1S/C25H23BrN2O4/c1-2-30-22-5-3-4-18(24(22)29)20-13-19(16-8-11-21-23(12-16)32-14-31-21)27-25(28-20)15-6-9-17(26)10-7-15/h3-12,20,25,28-29H,2,13-14H2,1H3/t20-,25-/m1/s1. The highest BCUT2D eigenvalue weighted by molar-refractivity contribution is 9.10. The quantitative estimate of drug-likeness (QED) is 0.489. The van der Waals surface area contributed by atoms with Gasteiger partial charge in [-0.3, -0.25) is 10.3 Å². The Morgan fingerprint density at radius 2 is 1.91 bits per heavy atom. The largest absolute Gasteiger partial charge is 0.504 e. The van der Waals surface area contributed by atoms with Crippen molar-refractivity contribution >= 4 is 21.6 Å². The molecule has 164 valence electrons. The zero-order chi connectivity index (χ0) is 22.1. The third-order valence-electron chi connectivity index (χ3n) is 5.64. The minimum absolute atomic E-state index is 0.151. The van der Waals surface area contributed by atoms with E-state index in [4.69, 9.17) is 19.2 Å². The van der Waals surface area contributed by atoms with Crippen LogP contribution in [0.25, 0.3) is 0 Å². The Labute approximate surface area is 195 Å². The van der Waals surface area contributed by atoms with Crippen LogP contribution in [0.5, 0.6) is 23.0 Å². The van der Waals surface area contributed by atoms with Gasteiger partial charge in [0.1, 0.15) is 6.17 Å². The van der Waals surface area contributed by atoms with Gasteiger partial charge < -0.3 is 19.3 Å². The van der Waals surface area contributed by atoms with Crippen LogP contribution >= 0.6 is 15.9 Å². The molecule has 32 heavy (non-hydrogen) atoms. The number of phenolic OH excluding ortho intramolecular Hbond substituents is 1. The second kappa shape index (κ2) is 8.84. The summed E-state index contributed by atoms with van der Waals surface area (Å²) in [7, 11) is 0. The molecule has 2 aliphatic heterocycles. The molecule has 2 atom stereocenters. The lowest BCUT2D eigenvalue weighted by molar-refractivity contribution is 0.174. The summed E-state index contributed by atoms with van der Waals surface area (Å²) in [5.41, 5.74) is 3.73. The minimum atomic E-state index is -0.266. The van der Waals surface area contributed by atoms with Gasteiger partial charge >= 0.3 is 0 Å². The van der Waals surface area contributed by atoms with Gasteiger partial charge in [0, 0.05) is 28.2 Å². The highest BCUT2D eigenvalue weighted by Crippen LogP contribution is 2.40. The zero-order valence-corrected chi connectivity index (χ0v) is 19.1. The van der Waals surface area contributed by atoms with Crippen molar-refractivity contribution in [3.05, 3.63) is 81.8 Å². The minimum Gasteiger partial charge on any atom is -0.504 e. The van der Waals surface area contributed by atoms with Crippen molar-refractivity contribution in [2.24, 2.45) is 4.99 Å². The van der Waals surface area contributed by atoms with Crippen molar-refractivity contribution in [2.75, 3.05) is 13.4 Å². The molecule has 2 heterocycles. The van der Waals surface area contributed by atoms with E-state index in [1.54, 1.807) is 6.07 Å². The van der Waals surface area contributed by atoms with Gasteiger partial charge in [-0.2, -0.15) is 0 Å². The molecule has 2 N–H and O–H groups in total. The van der Waals surface area contributed by atoms with Crippen LogP contribution in [-0.4, -0.2) is 24.2 Å². The number of fused-ring (bicyclic) bond motifs is 1. The van der Waals surface area contributed by atoms with Crippen molar-refractivity contribution in [1.29, 1.82) is 0 Å². The number of benzene rings is 3. The summed E-state index contributed by atoms with van der Waals surface area (Å²) in [4.78, 5) is 5.02. The Morgan fingerprint density at radius 3 is 2.72 bits per heavy atom. The van der Waals surface area contributed by atoms with E-state index in [2.05, 4.69) is 21.2 Å². The molecule has 0 spiro atoms. The molecule has 6 nitrogen and oxygen atoms in total. The number of para-hydroxylation sites is 1. The summed E-state index contributed by atoms with van der Waals surface area (Å²) in [6.45, 7) is 2.62. The number of hydrogen-bond donors (Lipinski definition) is 2. The summed E-state index contributed by atoms with van der Waals surface area (Å²) in [6, 6.07) is 19.4. The van der Waals surface area contributed by atoms with E-state index in [1.807, 2.05) is 61.5 Å². The third kappa shape index (κ3) is 4.06. The molecular weight excluding hydrogens is 472 g/mol. The third-order valence-corrected chi connectivity index (χ3v) is 6.17. The van der Waals surface area contributed by atoms with Crippen LogP contribution in [0.2, 0.25) is 0 Å². The molecule has 5 rings (SSSR count). The zero-order valence-electron chi connectivity index (χ0n) is 17.5. The molecule has 7 heteroatoms. The first-order valence-electron chi connectivity index (χ1n) is 10.5. The second-order valence-electron chi connectivity index (χ2n) is 7.65. The Morgan fingerprint density at radius 1 is 1.09 bits per heavy atom. The molecule has 0 aromatic heterocycles. The van der Waals surface area contributed by atoms with E-state index >= 15 is 0 Å². The van der Waals surface area contributed by atoms with Crippen molar-refractivity contribution in [3.63, 3.8) is 0 Å². The van der Waals surface area contributed by atoms with Gasteiger partial charge in [0.25, 0.3) is 0 Å². The molecular formula is C25H23BrN2O4. The number of aromatic hydroxyl groups is 1. The Bertz CT molecular complexity index is 1160. The number of ether oxygens (including phenoxy) is 3. The van der Waals surface area contributed by atoms with Crippen LogP contribution < -0.4 is 19.5 Å². The lowest BCUT2D eigenvalue weighted by atomic mass is 9.93. The average molecular weight is 495 g/mol. The van der Waals surface area contributed by atoms with Gasteiger partial charge in [-0.1, -0.05) is 40.2 Å². The van der Waals surface area contributed by atoms with E-state index in [0.717, 1.165) is 38.4 Å². The number of nitrogens with zero attached hydrogens (tertiary/aromatic N) is 1.